The molecule has 0 aromatic carbocycles. The van der Waals surface area contributed by atoms with E-state index in [1.165, 1.54) is 6.42 Å². The molecule has 2 rings (SSSR count). The number of rotatable bonds is 2. The van der Waals surface area contributed by atoms with Crippen molar-refractivity contribution < 1.29 is 9.53 Å². The molecule has 2 unspecified atom stereocenters. The van der Waals surface area contributed by atoms with Gasteiger partial charge in [-0.05, 0) is 24.8 Å². The predicted molar refractivity (Wildman–Crippen MR) is 57.7 cm³/mol. The van der Waals surface area contributed by atoms with Crippen molar-refractivity contribution in [1.29, 1.82) is 0 Å². The number of amides is 1. The third-order valence-electron chi connectivity index (χ3n) is 3.16. The van der Waals surface area contributed by atoms with Gasteiger partial charge in [-0.3, -0.25) is 0 Å². The molecule has 2 aliphatic heterocycles. The molecule has 15 heavy (non-hydrogen) atoms. The van der Waals surface area contributed by atoms with E-state index in [9.17, 15) is 4.79 Å². The first-order chi connectivity index (χ1) is 7.16. The minimum atomic E-state index is -0.139. The number of likely N-dealkylation sites (tertiary alicyclic amines) is 1. The fraction of sp³-hybridized carbons (Fsp3) is 0.909. The van der Waals surface area contributed by atoms with Gasteiger partial charge in [-0.2, -0.15) is 0 Å². The lowest BCUT2D eigenvalue weighted by Crippen LogP contribution is -2.34. The van der Waals surface area contributed by atoms with E-state index in [4.69, 9.17) is 4.74 Å². The van der Waals surface area contributed by atoms with Crippen molar-refractivity contribution in [3.63, 3.8) is 0 Å². The van der Waals surface area contributed by atoms with E-state index in [-0.39, 0.29) is 6.09 Å². The number of nitrogens with one attached hydrogen (secondary N) is 1. The molecule has 2 atom stereocenters. The van der Waals surface area contributed by atoms with E-state index in [1.807, 2.05) is 18.7 Å². The molecular formula is C11H20N2O2. The van der Waals surface area contributed by atoms with Crippen molar-refractivity contribution in [2.45, 2.75) is 26.3 Å². The SMILES string of the molecule is CC(C)COC(=O)N1CC2CCNC2C1. The zero-order valence-electron chi connectivity index (χ0n) is 9.53. The van der Waals surface area contributed by atoms with E-state index in [0.717, 1.165) is 19.6 Å². The van der Waals surface area contributed by atoms with Gasteiger partial charge in [0.25, 0.3) is 0 Å². The fourth-order valence-corrected chi connectivity index (χ4v) is 2.33. The zero-order chi connectivity index (χ0) is 10.8. The molecule has 2 fully saturated rings. The second-order valence-electron chi connectivity index (χ2n) is 4.99. The van der Waals surface area contributed by atoms with Crippen LogP contribution in [0.25, 0.3) is 0 Å². The van der Waals surface area contributed by atoms with Crippen molar-refractivity contribution in [3.05, 3.63) is 0 Å². The minimum absolute atomic E-state index is 0.139. The van der Waals surface area contributed by atoms with Crippen molar-refractivity contribution in [2.75, 3.05) is 26.2 Å². The standard InChI is InChI=1S/C11H20N2O2/c1-8(2)7-15-11(14)13-5-9-3-4-12-10(9)6-13/h8-10,12H,3-7H2,1-2H3. The minimum Gasteiger partial charge on any atom is -0.449 e. The van der Waals surface area contributed by atoms with Crippen LogP contribution >= 0.6 is 0 Å². The van der Waals surface area contributed by atoms with Crippen LogP contribution in [0.5, 0.6) is 0 Å². The summed E-state index contributed by atoms with van der Waals surface area (Å²) in [5.41, 5.74) is 0. The molecule has 0 aliphatic carbocycles. The number of nitrogens with zero attached hydrogens (tertiary/aromatic N) is 1. The highest BCUT2D eigenvalue weighted by atomic mass is 16.6. The lowest BCUT2D eigenvalue weighted by molar-refractivity contribution is 0.0974. The van der Waals surface area contributed by atoms with Gasteiger partial charge in [0, 0.05) is 19.1 Å². The maximum atomic E-state index is 11.7. The van der Waals surface area contributed by atoms with E-state index >= 15 is 0 Å². The van der Waals surface area contributed by atoms with Crippen LogP contribution in [0.4, 0.5) is 4.79 Å². The van der Waals surface area contributed by atoms with Gasteiger partial charge >= 0.3 is 6.09 Å². The molecule has 0 radical (unpaired) electrons. The van der Waals surface area contributed by atoms with Crippen LogP contribution in [0.15, 0.2) is 0 Å². The van der Waals surface area contributed by atoms with Gasteiger partial charge in [0.2, 0.25) is 0 Å². The summed E-state index contributed by atoms with van der Waals surface area (Å²) in [6.07, 6.45) is 1.05. The highest BCUT2D eigenvalue weighted by Crippen LogP contribution is 2.24. The Kier molecular flexibility index (Phi) is 3.14. The first-order valence-electron chi connectivity index (χ1n) is 5.82. The summed E-state index contributed by atoms with van der Waals surface area (Å²) in [5.74, 6) is 1.06. The van der Waals surface area contributed by atoms with E-state index in [0.29, 0.717) is 24.5 Å². The Bertz CT molecular complexity index is 231. The molecule has 0 aromatic rings. The Labute approximate surface area is 91.0 Å². The number of fused-ring (bicyclic) bond motifs is 1. The number of carbonyl (C=O) groups is 1. The van der Waals surface area contributed by atoms with E-state index in [1.54, 1.807) is 0 Å². The Morgan fingerprint density at radius 1 is 1.53 bits per heavy atom. The lowest BCUT2D eigenvalue weighted by Gasteiger charge is -2.17. The molecule has 4 heteroatoms. The molecule has 1 N–H and O–H groups in total. The van der Waals surface area contributed by atoms with Crippen LogP contribution in [0.2, 0.25) is 0 Å². The largest absolute Gasteiger partial charge is 0.449 e. The van der Waals surface area contributed by atoms with Crippen LogP contribution in [-0.4, -0.2) is 43.3 Å². The van der Waals surface area contributed by atoms with Crippen LogP contribution in [0, 0.1) is 11.8 Å². The second-order valence-corrected chi connectivity index (χ2v) is 4.99. The number of hydrogen-bond acceptors (Lipinski definition) is 3. The summed E-state index contributed by atoms with van der Waals surface area (Å²) in [5, 5.41) is 3.42. The molecule has 2 heterocycles. The maximum Gasteiger partial charge on any atom is 0.409 e. The van der Waals surface area contributed by atoms with Crippen LogP contribution in [0.1, 0.15) is 20.3 Å². The first-order valence-corrected chi connectivity index (χ1v) is 5.82. The number of carbonyl (C=O) groups excluding carboxylic acids is 1. The molecule has 86 valence electrons. The summed E-state index contributed by atoms with van der Waals surface area (Å²) < 4.78 is 5.21. The number of ether oxygens (including phenoxy) is 1. The van der Waals surface area contributed by atoms with Gasteiger partial charge in [0.05, 0.1) is 6.61 Å². The summed E-state index contributed by atoms with van der Waals surface area (Å²) in [4.78, 5) is 13.5. The highest BCUT2D eigenvalue weighted by molar-refractivity contribution is 5.68. The van der Waals surface area contributed by atoms with Gasteiger partial charge in [0.15, 0.2) is 0 Å². The van der Waals surface area contributed by atoms with Gasteiger partial charge in [-0.25, -0.2) is 4.79 Å². The molecular weight excluding hydrogens is 192 g/mol. The monoisotopic (exact) mass is 212 g/mol. The molecule has 2 saturated heterocycles. The predicted octanol–water partition coefficient (Wildman–Crippen LogP) is 1.07. The molecule has 0 aromatic heterocycles. The Morgan fingerprint density at radius 2 is 2.33 bits per heavy atom. The summed E-state index contributed by atoms with van der Waals surface area (Å²) in [6, 6.07) is 0.511. The first kappa shape index (κ1) is 10.7. The fourth-order valence-electron chi connectivity index (χ4n) is 2.33. The van der Waals surface area contributed by atoms with E-state index < -0.39 is 0 Å². The van der Waals surface area contributed by atoms with Crippen molar-refractivity contribution in [3.8, 4) is 0 Å². The van der Waals surface area contributed by atoms with Gasteiger partial charge in [-0.1, -0.05) is 13.8 Å². The summed E-state index contributed by atoms with van der Waals surface area (Å²) >= 11 is 0. The number of hydrogen-bond donors (Lipinski definition) is 1. The van der Waals surface area contributed by atoms with Gasteiger partial charge in [0.1, 0.15) is 0 Å². The van der Waals surface area contributed by atoms with E-state index in [2.05, 4.69) is 5.32 Å². The van der Waals surface area contributed by atoms with Gasteiger partial charge in [-0.15, -0.1) is 0 Å². The van der Waals surface area contributed by atoms with Crippen molar-refractivity contribution in [2.24, 2.45) is 11.8 Å². The molecule has 2 aliphatic rings. The van der Waals surface area contributed by atoms with Crippen molar-refractivity contribution >= 4 is 6.09 Å². The Hall–Kier alpha value is -0.770. The van der Waals surface area contributed by atoms with Gasteiger partial charge < -0.3 is 15.0 Å². The maximum absolute atomic E-state index is 11.7. The molecule has 1 amide bonds. The second kappa shape index (κ2) is 4.39. The third-order valence-corrected chi connectivity index (χ3v) is 3.16. The Morgan fingerprint density at radius 3 is 3.00 bits per heavy atom. The molecule has 4 nitrogen and oxygen atoms in total. The quantitative estimate of drug-likeness (QED) is 0.744. The van der Waals surface area contributed by atoms with Crippen LogP contribution in [0.3, 0.4) is 0 Å². The van der Waals surface area contributed by atoms with Crippen molar-refractivity contribution in [1.82, 2.24) is 10.2 Å². The smallest absolute Gasteiger partial charge is 0.409 e. The normalized spacial score (nSPS) is 29.7. The highest BCUT2D eigenvalue weighted by Gasteiger charge is 2.38. The molecule has 0 bridgehead atoms. The molecule has 0 spiro atoms. The third kappa shape index (κ3) is 2.43. The average molecular weight is 212 g/mol. The summed E-state index contributed by atoms with van der Waals surface area (Å²) in [6.45, 7) is 7.42. The topological polar surface area (TPSA) is 41.6 Å². The zero-order valence-corrected chi connectivity index (χ0v) is 9.53. The van der Waals surface area contributed by atoms with Crippen LogP contribution < -0.4 is 5.32 Å². The lowest BCUT2D eigenvalue weighted by atomic mass is 10.1. The average Bonchev–Trinajstić information content (AvgIpc) is 2.72. The Balaban J connectivity index is 1.78. The van der Waals surface area contributed by atoms with Crippen LogP contribution in [-0.2, 0) is 4.74 Å². The summed E-state index contributed by atoms with van der Waals surface area (Å²) in [7, 11) is 0. The molecule has 0 saturated carbocycles.